The monoisotopic (exact) mass is 469 g/mol. The fraction of sp³-hybridized carbons (Fsp3) is 0.211. The Kier molecular flexibility index (Phi) is 6.59. The quantitative estimate of drug-likeness (QED) is 0.504. The van der Waals surface area contributed by atoms with Gasteiger partial charge in [-0.25, -0.2) is 9.37 Å². The fourth-order valence-electron chi connectivity index (χ4n) is 2.67. The summed E-state index contributed by atoms with van der Waals surface area (Å²) in [6.07, 6.45) is -4.34. The van der Waals surface area contributed by atoms with Gasteiger partial charge in [-0.2, -0.15) is 18.4 Å². The first-order valence-corrected chi connectivity index (χ1v) is 9.04. The number of ether oxygens (including phenoxy) is 2. The van der Waals surface area contributed by atoms with Crippen LogP contribution in [0.4, 0.5) is 17.6 Å². The van der Waals surface area contributed by atoms with Crippen molar-refractivity contribution in [2.45, 2.75) is 19.4 Å². The molecule has 0 bridgehead atoms. The van der Waals surface area contributed by atoms with Crippen LogP contribution in [0, 0.1) is 11.3 Å². The molecule has 0 unspecified atom stereocenters. The highest BCUT2D eigenvalue weighted by molar-refractivity contribution is 6.30. The Balaban J connectivity index is 2.07. The summed E-state index contributed by atoms with van der Waals surface area (Å²) < 4.78 is 64.3. The number of methoxy groups -OCH3 is 1. The molecule has 1 aromatic carbocycles. The molecule has 2 heterocycles. The van der Waals surface area contributed by atoms with Gasteiger partial charge in [-0.15, -0.1) is 10.2 Å². The number of hydrogen-bond donors (Lipinski definition) is 0. The maximum atomic E-state index is 13.4. The molecule has 3 rings (SSSR count). The summed E-state index contributed by atoms with van der Waals surface area (Å²) in [6.45, 7) is -1.31. The van der Waals surface area contributed by atoms with Gasteiger partial charge in [-0.1, -0.05) is 11.6 Å². The van der Waals surface area contributed by atoms with E-state index in [9.17, 15) is 22.4 Å². The van der Waals surface area contributed by atoms with Gasteiger partial charge in [-0.3, -0.25) is 9.36 Å². The van der Waals surface area contributed by atoms with E-state index in [0.717, 1.165) is 16.7 Å². The zero-order valence-electron chi connectivity index (χ0n) is 16.2. The second-order valence-corrected chi connectivity index (χ2v) is 6.68. The van der Waals surface area contributed by atoms with Crippen LogP contribution in [0.2, 0.25) is 5.02 Å². The third kappa shape index (κ3) is 4.94. The molecule has 2 aromatic heterocycles. The van der Waals surface area contributed by atoms with Crippen LogP contribution in [0.25, 0.3) is 0 Å². The van der Waals surface area contributed by atoms with E-state index in [1.807, 2.05) is 0 Å². The predicted octanol–water partition coefficient (Wildman–Crippen LogP) is 3.90. The van der Waals surface area contributed by atoms with Gasteiger partial charge in [0, 0.05) is 10.6 Å². The Bertz CT molecular complexity index is 1260. The molecule has 0 N–H and O–H groups in total. The van der Waals surface area contributed by atoms with Gasteiger partial charge < -0.3 is 9.47 Å². The number of aromatic nitrogens is 4. The normalized spacial score (nSPS) is 11.2. The van der Waals surface area contributed by atoms with Crippen LogP contribution in [-0.2, 0) is 19.4 Å². The van der Waals surface area contributed by atoms with Crippen LogP contribution in [0.3, 0.4) is 0 Å². The molecular weight excluding hydrogens is 458 g/mol. The Morgan fingerprint density at radius 3 is 2.59 bits per heavy atom. The molecule has 8 nitrogen and oxygen atoms in total. The van der Waals surface area contributed by atoms with Crippen molar-refractivity contribution in [3.8, 4) is 23.4 Å². The minimum absolute atomic E-state index is 0.0116. The minimum Gasteiger partial charge on any atom is -0.480 e. The lowest BCUT2D eigenvalue weighted by Crippen LogP contribution is -2.27. The molecule has 32 heavy (non-hydrogen) atoms. The number of nitriles is 1. The molecule has 0 atom stereocenters. The summed E-state index contributed by atoms with van der Waals surface area (Å²) in [5, 5.41) is 16.5. The van der Waals surface area contributed by atoms with Crippen LogP contribution in [0.5, 0.6) is 17.4 Å². The lowest BCUT2D eigenvalue weighted by molar-refractivity contribution is -0.142. The summed E-state index contributed by atoms with van der Waals surface area (Å²) in [7, 11) is 1.27. The van der Waals surface area contributed by atoms with Crippen molar-refractivity contribution in [3.05, 3.63) is 68.5 Å². The van der Waals surface area contributed by atoms with Crippen molar-refractivity contribution in [2.75, 3.05) is 7.11 Å². The van der Waals surface area contributed by atoms with Crippen molar-refractivity contribution in [2.24, 2.45) is 0 Å². The third-order valence-electron chi connectivity index (χ3n) is 4.04. The largest absolute Gasteiger partial charge is 0.480 e. The average Bonchev–Trinajstić information content (AvgIpc) is 2.75. The van der Waals surface area contributed by atoms with Gasteiger partial charge in [0.1, 0.15) is 12.4 Å². The maximum absolute atomic E-state index is 13.4. The van der Waals surface area contributed by atoms with E-state index in [-0.39, 0.29) is 40.0 Å². The number of benzene rings is 1. The third-order valence-corrected chi connectivity index (χ3v) is 4.26. The second-order valence-electron chi connectivity index (χ2n) is 6.25. The highest BCUT2D eigenvalue weighted by Crippen LogP contribution is 2.35. The number of alkyl halides is 4. The predicted molar refractivity (Wildman–Crippen MR) is 102 cm³/mol. The standard InChI is InChI=1S/C19H12ClF4N5O3/c1-31-17-11(6-21)4-13(27-28-17)8-29-9-26-16(19(22,23)24)15(18(29)30)32-14-3-10(7-25)2-12(20)5-14/h2-5,9H,6,8H2,1H3. The van der Waals surface area contributed by atoms with Gasteiger partial charge in [0.15, 0.2) is 5.69 Å². The van der Waals surface area contributed by atoms with E-state index in [1.165, 1.54) is 19.2 Å². The molecule has 3 aromatic rings. The lowest BCUT2D eigenvalue weighted by Gasteiger charge is -2.15. The van der Waals surface area contributed by atoms with Gasteiger partial charge in [0.2, 0.25) is 11.6 Å². The molecule has 0 saturated carbocycles. The topological polar surface area (TPSA) is 103 Å². The summed E-state index contributed by atoms with van der Waals surface area (Å²) in [4.78, 5) is 16.1. The Morgan fingerprint density at radius 1 is 1.22 bits per heavy atom. The van der Waals surface area contributed by atoms with E-state index in [4.69, 9.17) is 26.3 Å². The van der Waals surface area contributed by atoms with Crippen LogP contribution in [0.1, 0.15) is 22.5 Å². The number of rotatable bonds is 6. The molecule has 0 aliphatic heterocycles. The van der Waals surface area contributed by atoms with Crippen LogP contribution >= 0.6 is 11.6 Å². The van der Waals surface area contributed by atoms with Gasteiger partial charge in [0.25, 0.3) is 5.56 Å². The Hall–Kier alpha value is -3.72. The van der Waals surface area contributed by atoms with E-state index in [0.29, 0.717) is 6.33 Å². The zero-order valence-corrected chi connectivity index (χ0v) is 16.9. The molecule has 0 saturated heterocycles. The maximum Gasteiger partial charge on any atom is 0.437 e. The first-order valence-electron chi connectivity index (χ1n) is 8.67. The fourth-order valence-corrected chi connectivity index (χ4v) is 2.89. The van der Waals surface area contributed by atoms with E-state index < -0.39 is 29.9 Å². The average molecular weight is 470 g/mol. The first kappa shape index (κ1) is 23.0. The molecule has 0 radical (unpaired) electrons. The molecule has 166 valence electrons. The first-order chi connectivity index (χ1) is 15.2. The van der Waals surface area contributed by atoms with Crippen molar-refractivity contribution >= 4 is 11.6 Å². The Morgan fingerprint density at radius 2 is 1.97 bits per heavy atom. The number of hydrogen-bond acceptors (Lipinski definition) is 7. The van der Waals surface area contributed by atoms with E-state index >= 15 is 0 Å². The van der Waals surface area contributed by atoms with E-state index in [2.05, 4.69) is 15.2 Å². The van der Waals surface area contributed by atoms with Crippen molar-refractivity contribution < 1.29 is 27.0 Å². The second kappa shape index (κ2) is 9.19. The lowest BCUT2D eigenvalue weighted by atomic mass is 10.2. The van der Waals surface area contributed by atoms with E-state index in [1.54, 1.807) is 6.07 Å². The molecule has 13 heteroatoms. The molecule has 0 amide bonds. The summed E-state index contributed by atoms with van der Waals surface area (Å²) in [6, 6.07) is 6.56. The van der Waals surface area contributed by atoms with Crippen LogP contribution in [0.15, 0.2) is 35.4 Å². The molecular formula is C19H12ClF4N5O3. The van der Waals surface area contributed by atoms with Crippen molar-refractivity contribution in [1.82, 2.24) is 19.7 Å². The summed E-state index contributed by atoms with van der Waals surface area (Å²) in [5.74, 6) is -1.45. The van der Waals surface area contributed by atoms with Crippen LogP contribution < -0.4 is 15.0 Å². The highest BCUT2D eigenvalue weighted by atomic mass is 35.5. The van der Waals surface area contributed by atoms with Gasteiger partial charge in [-0.05, 0) is 24.3 Å². The smallest absolute Gasteiger partial charge is 0.437 e. The highest BCUT2D eigenvalue weighted by Gasteiger charge is 2.38. The molecule has 0 spiro atoms. The number of nitrogens with zero attached hydrogens (tertiary/aromatic N) is 5. The summed E-state index contributed by atoms with van der Waals surface area (Å²) >= 11 is 5.85. The van der Waals surface area contributed by atoms with Crippen molar-refractivity contribution in [3.63, 3.8) is 0 Å². The minimum atomic E-state index is -5.01. The van der Waals surface area contributed by atoms with Crippen LogP contribution in [-0.4, -0.2) is 26.9 Å². The SMILES string of the molecule is COc1nnc(Cn2cnc(C(F)(F)F)c(Oc3cc(Cl)cc(C#N)c3)c2=O)cc1CF. The molecule has 0 fully saturated rings. The molecule has 0 aliphatic rings. The summed E-state index contributed by atoms with van der Waals surface area (Å²) in [5.41, 5.74) is -2.63. The number of halogens is 5. The molecule has 0 aliphatic carbocycles. The van der Waals surface area contributed by atoms with Crippen molar-refractivity contribution in [1.29, 1.82) is 5.26 Å². The zero-order chi connectivity index (χ0) is 23.5. The van der Waals surface area contributed by atoms with Gasteiger partial charge >= 0.3 is 6.18 Å². The Labute approximate surface area is 182 Å². The van der Waals surface area contributed by atoms with Gasteiger partial charge in [0.05, 0.1) is 37.3 Å².